The van der Waals surface area contributed by atoms with E-state index in [0.29, 0.717) is 5.75 Å². The number of halogens is 1. The molecule has 2 unspecified atom stereocenters. The Labute approximate surface area is 141 Å². The molecule has 2 aromatic carbocycles. The summed E-state index contributed by atoms with van der Waals surface area (Å²) in [5, 5.41) is 18.3. The lowest BCUT2D eigenvalue weighted by Gasteiger charge is -2.10. The number of alkyl halides is 1. The van der Waals surface area contributed by atoms with E-state index in [-0.39, 0.29) is 13.2 Å². The molecule has 0 aliphatic heterocycles. The summed E-state index contributed by atoms with van der Waals surface area (Å²) in [7, 11) is 0. The van der Waals surface area contributed by atoms with E-state index < -0.39 is 18.9 Å². The topological polar surface area (TPSA) is 58.9 Å². The molecule has 0 bridgehead atoms. The van der Waals surface area contributed by atoms with Gasteiger partial charge in [-0.25, -0.2) is 4.39 Å². The van der Waals surface area contributed by atoms with E-state index >= 15 is 0 Å². The minimum atomic E-state index is -1.08. The Morgan fingerprint density at radius 2 is 1.29 bits per heavy atom. The molecule has 0 saturated heterocycles. The molecule has 0 saturated carbocycles. The molecule has 0 aliphatic rings. The van der Waals surface area contributed by atoms with Crippen molar-refractivity contribution in [2.75, 3.05) is 19.9 Å². The first-order valence-electron chi connectivity index (χ1n) is 7.92. The average molecular weight is 334 g/mol. The summed E-state index contributed by atoms with van der Waals surface area (Å²) in [6.07, 6.45) is -0.806. The minimum absolute atomic E-state index is 0.0518. The second kappa shape index (κ2) is 9.25. The van der Waals surface area contributed by atoms with Crippen molar-refractivity contribution in [1.82, 2.24) is 0 Å². The van der Waals surface area contributed by atoms with Crippen LogP contribution in [0.3, 0.4) is 0 Å². The van der Waals surface area contributed by atoms with Gasteiger partial charge in [0.25, 0.3) is 0 Å². The van der Waals surface area contributed by atoms with Crippen LogP contribution in [0.4, 0.5) is 4.39 Å². The zero-order chi connectivity index (χ0) is 17.4. The van der Waals surface area contributed by atoms with Crippen LogP contribution in [0.2, 0.25) is 0 Å². The number of rotatable bonds is 9. The van der Waals surface area contributed by atoms with Gasteiger partial charge in [0, 0.05) is 0 Å². The van der Waals surface area contributed by atoms with Crippen molar-refractivity contribution in [1.29, 1.82) is 0 Å². The lowest BCUT2D eigenvalue weighted by molar-refractivity contribution is 0.0842. The number of hydrogen-bond donors (Lipinski definition) is 2. The van der Waals surface area contributed by atoms with Gasteiger partial charge < -0.3 is 19.7 Å². The third-order valence-electron chi connectivity index (χ3n) is 3.37. The molecule has 2 N–H and O–H groups in total. The van der Waals surface area contributed by atoms with E-state index in [2.05, 4.69) is 0 Å². The van der Waals surface area contributed by atoms with Crippen LogP contribution in [0.15, 0.2) is 48.5 Å². The summed E-state index contributed by atoms with van der Waals surface area (Å²) in [6, 6.07) is 15.2. The molecule has 0 radical (unpaired) electrons. The van der Waals surface area contributed by atoms with Gasteiger partial charge in [-0.3, -0.25) is 0 Å². The van der Waals surface area contributed by atoms with Crippen LogP contribution >= 0.6 is 0 Å². The predicted octanol–water partition coefficient (Wildman–Crippen LogP) is 2.75. The summed E-state index contributed by atoms with van der Waals surface area (Å²) < 4.78 is 22.9. The van der Waals surface area contributed by atoms with E-state index in [1.165, 1.54) is 0 Å². The van der Waals surface area contributed by atoms with Crippen LogP contribution < -0.4 is 9.47 Å². The van der Waals surface area contributed by atoms with Crippen molar-refractivity contribution in [3.05, 3.63) is 59.7 Å². The van der Waals surface area contributed by atoms with Crippen molar-refractivity contribution in [3.63, 3.8) is 0 Å². The first kappa shape index (κ1) is 18.2. The number of hydrogen-bond acceptors (Lipinski definition) is 4. The molecule has 0 fully saturated rings. The molecule has 0 spiro atoms. The fourth-order valence-electron chi connectivity index (χ4n) is 2.10. The van der Waals surface area contributed by atoms with E-state index in [4.69, 9.17) is 14.6 Å². The van der Waals surface area contributed by atoms with Crippen molar-refractivity contribution in [3.8, 4) is 11.5 Å². The zero-order valence-corrected chi connectivity index (χ0v) is 13.7. The Morgan fingerprint density at radius 3 is 1.71 bits per heavy atom. The molecule has 130 valence electrons. The number of aliphatic hydroxyl groups excluding tert-OH is 2. The van der Waals surface area contributed by atoms with E-state index in [1.807, 2.05) is 36.4 Å². The SMILES string of the molecule is CC(O)COc1ccc(Cc2ccc(OCC(O)CF)cc2)cc1. The fourth-order valence-corrected chi connectivity index (χ4v) is 2.10. The first-order chi connectivity index (χ1) is 11.6. The molecule has 2 aromatic rings. The molecule has 0 aromatic heterocycles. The minimum Gasteiger partial charge on any atom is -0.491 e. The Balaban J connectivity index is 1.86. The summed E-state index contributed by atoms with van der Waals surface area (Å²) in [5.74, 6) is 1.34. The molecular formula is C19H23FO4. The lowest BCUT2D eigenvalue weighted by atomic mass is 10.0. The van der Waals surface area contributed by atoms with Crippen LogP contribution in [0.25, 0.3) is 0 Å². The van der Waals surface area contributed by atoms with Crippen LogP contribution in [0.5, 0.6) is 11.5 Å². The lowest BCUT2D eigenvalue weighted by Crippen LogP contribution is -2.19. The third kappa shape index (κ3) is 6.18. The van der Waals surface area contributed by atoms with Crippen molar-refractivity contribution >= 4 is 0 Å². The quantitative estimate of drug-likeness (QED) is 0.740. The van der Waals surface area contributed by atoms with E-state index in [0.717, 1.165) is 23.3 Å². The van der Waals surface area contributed by atoms with Gasteiger partial charge in [-0.2, -0.15) is 0 Å². The van der Waals surface area contributed by atoms with Gasteiger partial charge in [0.15, 0.2) is 0 Å². The molecule has 2 rings (SSSR count). The average Bonchev–Trinajstić information content (AvgIpc) is 2.60. The summed E-state index contributed by atoms with van der Waals surface area (Å²) in [6.45, 7) is 1.09. The maximum atomic E-state index is 12.2. The maximum absolute atomic E-state index is 12.2. The Bertz CT molecular complexity index is 596. The smallest absolute Gasteiger partial charge is 0.119 e. The Hall–Kier alpha value is -2.11. The van der Waals surface area contributed by atoms with Gasteiger partial charge in [0.05, 0.1) is 6.10 Å². The molecule has 24 heavy (non-hydrogen) atoms. The summed E-state index contributed by atoms with van der Waals surface area (Å²) in [5.41, 5.74) is 2.26. The maximum Gasteiger partial charge on any atom is 0.119 e. The van der Waals surface area contributed by atoms with Gasteiger partial charge >= 0.3 is 0 Å². The second-order valence-corrected chi connectivity index (χ2v) is 5.74. The molecule has 0 aliphatic carbocycles. The standard InChI is InChI=1S/C19H23FO4/c1-14(21)12-23-18-6-2-15(3-7-18)10-16-4-8-19(9-5-16)24-13-17(22)11-20/h2-9,14,17,21-22H,10-13H2,1H3. The molecule has 0 heterocycles. The highest BCUT2D eigenvalue weighted by atomic mass is 19.1. The van der Waals surface area contributed by atoms with Gasteiger partial charge in [-0.15, -0.1) is 0 Å². The molecular weight excluding hydrogens is 311 g/mol. The van der Waals surface area contributed by atoms with Gasteiger partial charge in [-0.05, 0) is 48.7 Å². The van der Waals surface area contributed by atoms with Crippen LogP contribution in [0, 0.1) is 0 Å². The normalized spacial score (nSPS) is 13.3. The Morgan fingerprint density at radius 1 is 0.833 bits per heavy atom. The van der Waals surface area contributed by atoms with E-state index in [9.17, 15) is 9.50 Å². The van der Waals surface area contributed by atoms with E-state index in [1.54, 1.807) is 19.1 Å². The molecule has 5 heteroatoms. The summed E-state index contributed by atoms with van der Waals surface area (Å²) in [4.78, 5) is 0. The number of aliphatic hydroxyl groups is 2. The Kier molecular flexibility index (Phi) is 7.03. The highest BCUT2D eigenvalue weighted by Gasteiger charge is 2.04. The summed E-state index contributed by atoms with van der Waals surface area (Å²) >= 11 is 0. The predicted molar refractivity (Wildman–Crippen MR) is 90.3 cm³/mol. The van der Waals surface area contributed by atoms with Crippen molar-refractivity contribution < 1.29 is 24.1 Å². The highest BCUT2D eigenvalue weighted by molar-refractivity contribution is 5.34. The molecule has 2 atom stereocenters. The van der Waals surface area contributed by atoms with Gasteiger partial charge in [0.2, 0.25) is 0 Å². The van der Waals surface area contributed by atoms with Crippen molar-refractivity contribution in [2.24, 2.45) is 0 Å². The van der Waals surface area contributed by atoms with Crippen LogP contribution in [-0.2, 0) is 6.42 Å². The van der Waals surface area contributed by atoms with Gasteiger partial charge in [0.1, 0.15) is 37.5 Å². The largest absolute Gasteiger partial charge is 0.491 e. The highest BCUT2D eigenvalue weighted by Crippen LogP contribution is 2.18. The third-order valence-corrected chi connectivity index (χ3v) is 3.37. The van der Waals surface area contributed by atoms with Crippen molar-refractivity contribution in [2.45, 2.75) is 25.6 Å². The van der Waals surface area contributed by atoms with Crippen LogP contribution in [0.1, 0.15) is 18.1 Å². The number of benzene rings is 2. The first-order valence-corrected chi connectivity index (χ1v) is 7.92. The van der Waals surface area contributed by atoms with Crippen LogP contribution in [-0.4, -0.2) is 42.3 Å². The fraction of sp³-hybridized carbons (Fsp3) is 0.368. The monoisotopic (exact) mass is 334 g/mol. The molecule has 4 nitrogen and oxygen atoms in total. The number of ether oxygens (including phenoxy) is 2. The second-order valence-electron chi connectivity index (χ2n) is 5.74. The zero-order valence-electron chi connectivity index (χ0n) is 13.7. The molecule has 0 amide bonds. The van der Waals surface area contributed by atoms with Gasteiger partial charge in [-0.1, -0.05) is 24.3 Å².